The Morgan fingerprint density at radius 2 is 1.62 bits per heavy atom. The normalized spacial score (nSPS) is 18.2. The van der Waals surface area contributed by atoms with E-state index in [4.69, 9.17) is 14.6 Å². The van der Waals surface area contributed by atoms with Gasteiger partial charge in [-0.25, -0.2) is 0 Å². The summed E-state index contributed by atoms with van der Waals surface area (Å²) in [5.41, 5.74) is 7.25. The van der Waals surface area contributed by atoms with Gasteiger partial charge in [-0.2, -0.15) is 10.6 Å². The highest BCUT2D eigenvalue weighted by molar-refractivity contribution is 8.24. The fourth-order valence-corrected chi connectivity index (χ4v) is 7.18. The summed E-state index contributed by atoms with van der Waals surface area (Å²) in [5.74, 6) is 2.17. The molecular formula is C32H38O6S. The molecule has 3 aromatic rings. The molecule has 1 atom stereocenters. The Hall–Kier alpha value is -3.00. The molecule has 0 saturated carbocycles. The van der Waals surface area contributed by atoms with Crippen molar-refractivity contribution in [3.05, 3.63) is 82.9 Å². The first-order valence-electron chi connectivity index (χ1n) is 13.8. The molecule has 0 amide bonds. The summed E-state index contributed by atoms with van der Waals surface area (Å²) < 4.78 is 31.9. The molecule has 1 saturated heterocycles. The van der Waals surface area contributed by atoms with Gasteiger partial charge in [0.15, 0.2) is 0 Å². The number of carboxylic acid groups (broad SMARTS) is 1. The zero-order chi connectivity index (χ0) is 27.4. The van der Waals surface area contributed by atoms with E-state index in [9.17, 15) is 13.9 Å². The molecule has 6 nitrogen and oxygen atoms in total. The molecule has 208 valence electrons. The largest absolute Gasteiger partial charge is 0.493 e. The molecule has 1 heterocycles. The summed E-state index contributed by atoms with van der Waals surface area (Å²) in [7, 11) is -2.36. The third-order valence-corrected chi connectivity index (χ3v) is 9.74. The predicted molar refractivity (Wildman–Crippen MR) is 156 cm³/mol. The maximum atomic E-state index is 11.0. The minimum Gasteiger partial charge on any atom is -0.493 e. The lowest BCUT2D eigenvalue weighted by Gasteiger charge is -2.39. The summed E-state index contributed by atoms with van der Waals surface area (Å²) in [6.45, 7) is 2.99. The molecule has 1 aliphatic heterocycles. The number of aryl methyl sites for hydroxylation is 2. The van der Waals surface area contributed by atoms with Crippen LogP contribution in [0, 0.1) is 5.92 Å². The highest BCUT2D eigenvalue weighted by atomic mass is 32.3. The van der Waals surface area contributed by atoms with Gasteiger partial charge >= 0.3 is 5.97 Å². The van der Waals surface area contributed by atoms with Gasteiger partial charge < -0.3 is 14.6 Å². The van der Waals surface area contributed by atoms with Crippen LogP contribution in [0.5, 0.6) is 11.5 Å². The van der Waals surface area contributed by atoms with E-state index in [2.05, 4.69) is 36.4 Å². The van der Waals surface area contributed by atoms with Crippen molar-refractivity contribution in [2.24, 2.45) is 5.92 Å². The van der Waals surface area contributed by atoms with Gasteiger partial charge in [0.2, 0.25) is 0 Å². The molecule has 2 aliphatic rings. The lowest BCUT2D eigenvalue weighted by atomic mass is 9.95. The van der Waals surface area contributed by atoms with Crippen LogP contribution in [0.15, 0.2) is 60.7 Å². The Morgan fingerprint density at radius 3 is 2.36 bits per heavy atom. The molecule has 0 bridgehead atoms. The van der Waals surface area contributed by atoms with E-state index >= 15 is 0 Å². The Balaban J connectivity index is 1.24. The number of benzene rings is 3. The number of rotatable bonds is 9. The van der Waals surface area contributed by atoms with E-state index in [1.165, 1.54) is 22.3 Å². The standard InChI is InChI=1S/C32H38O6S/c1-22(17-32(33)34)25-7-9-28(10-8-25)37-21-24-5-6-26-3-2-4-27-19-29(11-12-30(27)31(26)18-24)38-20-23-13-15-39(35,36)16-14-23/h5-12,18-19,22-23,35-36H,2-4,13-17,20-21H2,1H3,(H,33,34)/t22-/m0/s1. The van der Waals surface area contributed by atoms with E-state index in [-0.39, 0.29) is 12.3 Å². The summed E-state index contributed by atoms with van der Waals surface area (Å²) >= 11 is 0. The smallest absolute Gasteiger partial charge is 0.303 e. The van der Waals surface area contributed by atoms with Crippen LogP contribution in [0.1, 0.15) is 60.8 Å². The van der Waals surface area contributed by atoms with Crippen molar-refractivity contribution >= 4 is 16.6 Å². The second kappa shape index (κ2) is 12.0. The topological polar surface area (TPSA) is 96.2 Å². The third-order valence-electron chi connectivity index (χ3n) is 7.96. The zero-order valence-corrected chi connectivity index (χ0v) is 23.3. The van der Waals surface area contributed by atoms with Crippen LogP contribution in [0.4, 0.5) is 0 Å². The summed E-state index contributed by atoms with van der Waals surface area (Å²) in [6.07, 6.45) is 4.85. The minimum atomic E-state index is -2.36. The van der Waals surface area contributed by atoms with E-state index in [0.29, 0.717) is 30.6 Å². The molecule has 0 aromatic heterocycles. The van der Waals surface area contributed by atoms with Gasteiger partial charge in [0.05, 0.1) is 13.0 Å². The lowest BCUT2D eigenvalue weighted by molar-refractivity contribution is -0.137. The monoisotopic (exact) mass is 550 g/mol. The number of hydrogen-bond donors (Lipinski definition) is 3. The number of fused-ring (bicyclic) bond motifs is 3. The second-order valence-electron chi connectivity index (χ2n) is 11.0. The van der Waals surface area contributed by atoms with Crippen molar-refractivity contribution in [2.45, 2.75) is 58.0 Å². The van der Waals surface area contributed by atoms with Gasteiger partial charge in [-0.15, -0.1) is 0 Å². The average molecular weight is 551 g/mol. The first kappa shape index (κ1) is 27.6. The zero-order valence-electron chi connectivity index (χ0n) is 22.5. The molecule has 5 rings (SSSR count). The maximum absolute atomic E-state index is 11.0. The van der Waals surface area contributed by atoms with Gasteiger partial charge in [0.25, 0.3) is 0 Å². The molecule has 39 heavy (non-hydrogen) atoms. The first-order chi connectivity index (χ1) is 18.8. The fourth-order valence-electron chi connectivity index (χ4n) is 5.56. The van der Waals surface area contributed by atoms with Crippen molar-refractivity contribution in [1.82, 2.24) is 0 Å². The maximum Gasteiger partial charge on any atom is 0.303 e. The summed E-state index contributed by atoms with van der Waals surface area (Å²) in [5, 5.41) is 9.03. The molecule has 1 fully saturated rings. The molecule has 7 heteroatoms. The molecule has 0 unspecified atom stereocenters. The lowest BCUT2D eigenvalue weighted by Crippen LogP contribution is -2.24. The second-order valence-corrected chi connectivity index (χ2v) is 13.4. The average Bonchev–Trinajstić information content (AvgIpc) is 3.10. The number of carbonyl (C=O) groups is 1. The first-order valence-corrected chi connectivity index (χ1v) is 15.7. The van der Waals surface area contributed by atoms with Gasteiger partial charge in [-0.05, 0) is 108 Å². The fraction of sp³-hybridized carbons (Fsp3) is 0.406. The van der Waals surface area contributed by atoms with Gasteiger partial charge in [-0.1, -0.05) is 37.3 Å². The molecule has 1 aliphatic carbocycles. The number of ether oxygens (including phenoxy) is 2. The van der Waals surface area contributed by atoms with Crippen molar-refractivity contribution in [2.75, 3.05) is 18.1 Å². The quantitative estimate of drug-likeness (QED) is 0.255. The van der Waals surface area contributed by atoms with Crippen LogP contribution in [0.3, 0.4) is 0 Å². The minimum absolute atomic E-state index is 0.0388. The summed E-state index contributed by atoms with van der Waals surface area (Å²) in [6, 6.07) is 20.7. The molecule has 3 N–H and O–H groups in total. The molecule has 0 spiro atoms. The van der Waals surface area contributed by atoms with Crippen LogP contribution >= 0.6 is 10.6 Å². The van der Waals surface area contributed by atoms with E-state index < -0.39 is 16.6 Å². The van der Waals surface area contributed by atoms with Crippen LogP contribution in [-0.4, -0.2) is 38.3 Å². The predicted octanol–water partition coefficient (Wildman–Crippen LogP) is 7.54. The third kappa shape index (κ3) is 7.15. The van der Waals surface area contributed by atoms with Gasteiger partial charge in [0, 0.05) is 11.5 Å². The number of hydrogen-bond acceptors (Lipinski definition) is 5. The van der Waals surface area contributed by atoms with Crippen molar-refractivity contribution in [3.63, 3.8) is 0 Å². The number of carboxylic acids is 1. The van der Waals surface area contributed by atoms with Gasteiger partial charge in [-0.3, -0.25) is 13.9 Å². The van der Waals surface area contributed by atoms with Crippen molar-refractivity contribution in [1.29, 1.82) is 0 Å². The van der Waals surface area contributed by atoms with Crippen LogP contribution in [0.25, 0.3) is 11.1 Å². The van der Waals surface area contributed by atoms with Crippen LogP contribution in [0.2, 0.25) is 0 Å². The molecule has 3 aromatic carbocycles. The molecular weight excluding hydrogens is 512 g/mol. The van der Waals surface area contributed by atoms with Crippen molar-refractivity contribution in [3.8, 4) is 22.6 Å². The SMILES string of the molecule is C[C@@H](CC(=O)O)c1ccc(OCc2ccc3c(c2)-c2ccc(OCC4CCS(O)(O)CC4)cc2CCC3)cc1. The number of aliphatic carboxylic acids is 1. The van der Waals surface area contributed by atoms with Crippen LogP contribution < -0.4 is 9.47 Å². The summed E-state index contributed by atoms with van der Waals surface area (Å²) in [4.78, 5) is 11.0. The van der Waals surface area contributed by atoms with Gasteiger partial charge in [0.1, 0.15) is 18.1 Å². The van der Waals surface area contributed by atoms with E-state index in [0.717, 1.165) is 54.7 Å². The van der Waals surface area contributed by atoms with E-state index in [1.807, 2.05) is 31.2 Å². The Labute approximate surface area is 232 Å². The highest BCUT2D eigenvalue weighted by Crippen LogP contribution is 2.45. The van der Waals surface area contributed by atoms with E-state index in [1.54, 1.807) is 0 Å². The molecule has 0 radical (unpaired) electrons. The Morgan fingerprint density at radius 1 is 0.897 bits per heavy atom. The Bertz CT molecular complexity index is 1290. The highest BCUT2D eigenvalue weighted by Gasteiger charge is 2.24. The Kier molecular flexibility index (Phi) is 8.50. The van der Waals surface area contributed by atoms with Crippen molar-refractivity contribution < 1.29 is 28.5 Å². The van der Waals surface area contributed by atoms with Crippen LogP contribution in [-0.2, 0) is 24.2 Å².